The molecule has 1 fully saturated rings. The van der Waals surface area contributed by atoms with E-state index in [-0.39, 0.29) is 17.2 Å². The monoisotopic (exact) mass is 279 g/mol. The summed E-state index contributed by atoms with van der Waals surface area (Å²) in [6.45, 7) is 7.46. The van der Waals surface area contributed by atoms with Crippen LogP contribution in [0.3, 0.4) is 0 Å². The third kappa shape index (κ3) is 2.86. The first-order valence-electron chi connectivity index (χ1n) is 7.07. The van der Waals surface area contributed by atoms with Crippen molar-refractivity contribution in [2.45, 2.75) is 33.6 Å². The number of amides is 1. The van der Waals surface area contributed by atoms with Crippen molar-refractivity contribution in [1.82, 2.24) is 4.90 Å². The van der Waals surface area contributed by atoms with Gasteiger partial charge in [0, 0.05) is 25.6 Å². The minimum absolute atomic E-state index is 0.0916. The summed E-state index contributed by atoms with van der Waals surface area (Å²) in [4.78, 5) is 25.3. The number of aryl methyl sites for hydroxylation is 1. The zero-order valence-electron chi connectivity index (χ0n) is 12.2. The predicted octanol–water partition coefficient (Wildman–Crippen LogP) is 2.66. The van der Waals surface area contributed by atoms with Crippen LogP contribution in [0.2, 0.25) is 0 Å². The minimum atomic E-state index is -1.05. The molecule has 1 N–H and O–H groups in total. The van der Waals surface area contributed by atoms with Crippen LogP contribution in [0, 0.1) is 11.8 Å². The first-order valence-corrected chi connectivity index (χ1v) is 7.07. The summed E-state index contributed by atoms with van der Waals surface area (Å²) < 4.78 is 5.44. The second-order valence-electron chi connectivity index (χ2n) is 5.76. The number of aromatic carboxylic acids is 1. The number of likely N-dealkylation sites (tertiary alicyclic amines) is 1. The van der Waals surface area contributed by atoms with E-state index in [0.29, 0.717) is 37.1 Å². The second kappa shape index (κ2) is 5.69. The topological polar surface area (TPSA) is 70.8 Å². The highest BCUT2D eigenvalue weighted by molar-refractivity contribution is 5.96. The van der Waals surface area contributed by atoms with Gasteiger partial charge < -0.3 is 14.4 Å². The smallest absolute Gasteiger partial charge is 0.339 e. The van der Waals surface area contributed by atoms with E-state index in [1.165, 1.54) is 6.07 Å². The van der Waals surface area contributed by atoms with E-state index in [9.17, 15) is 9.59 Å². The molecule has 0 saturated carbocycles. The van der Waals surface area contributed by atoms with Crippen LogP contribution < -0.4 is 0 Å². The molecule has 2 rings (SSSR count). The Balaban J connectivity index is 2.22. The van der Waals surface area contributed by atoms with Gasteiger partial charge in [0.2, 0.25) is 0 Å². The molecular formula is C15H21NO4. The minimum Gasteiger partial charge on any atom is -0.478 e. The van der Waals surface area contributed by atoms with Crippen molar-refractivity contribution in [1.29, 1.82) is 0 Å². The maximum atomic E-state index is 12.4. The van der Waals surface area contributed by atoms with Crippen molar-refractivity contribution in [2.24, 2.45) is 11.8 Å². The van der Waals surface area contributed by atoms with Crippen molar-refractivity contribution in [3.8, 4) is 0 Å². The highest BCUT2D eigenvalue weighted by atomic mass is 16.4. The molecule has 0 bridgehead atoms. The number of carbonyl (C=O) groups excluding carboxylic acids is 1. The molecule has 1 aromatic heterocycles. The van der Waals surface area contributed by atoms with Crippen LogP contribution in [0.5, 0.6) is 0 Å². The molecule has 2 unspecified atom stereocenters. The number of rotatable bonds is 3. The lowest BCUT2D eigenvalue weighted by molar-refractivity contribution is 0.0589. The number of hydrogen-bond donors (Lipinski definition) is 1. The third-order valence-electron chi connectivity index (χ3n) is 3.73. The lowest BCUT2D eigenvalue weighted by atomic mass is 9.92. The summed E-state index contributed by atoms with van der Waals surface area (Å²) >= 11 is 0. The molecular weight excluding hydrogens is 258 g/mol. The van der Waals surface area contributed by atoms with Gasteiger partial charge in [0.25, 0.3) is 5.91 Å². The Morgan fingerprint density at radius 2 is 1.95 bits per heavy atom. The highest BCUT2D eigenvalue weighted by Crippen LogP contribution is 2.24. The Kier molecular flexibility index (Phi) is 4.16. The van der Waals surface area contributed by atoms with E-state index >= 15 is 0 Å². The van der Waals surface area contributed by atoms with Crippen molar-refractivity contribution in [3.05, 3.63) is 23.2 Å². The number of hydrogen-bond acceptors (Lipinski definition) is 3. The molecule has 110 valence electrons. The largest absolute Gasteiger partial charge is 0.478 e. The molecule has 2 atom stereocenters. The summed E-state index contributed by atoms with van der Waals surface area (Å²) in [5.41, 5.74) is 0.0916. The zero-order chi connectivity index (χ0) is 14.9. The molecule has 0 radical (unpaired) electrons. The van der Waals surface area contributed by atoms with E-state index in [1.807, 2.05) is 6.92 Å². The van der Waals surface area contributed by atoms with Crippen molar-refractivity contribution >= 4 is 11.9 Å². The maximum Gasteiger partial charge on any atom is 0.339 e. The van der Waals surface area contributed by atoms with Gasteiger partial charge in [-0.1, -0.05) is 20.8 Å². The quantitative estimate of drug-likeness (QED) is 0.923. The van der Waals surface area contributed by atoms with Crippen LogP contribution in [-0.2, 0) is 6.42 Å². The lowest BCUT2D eigenvalue weighted by Gasteiger charge is -2.34. The van der Waals surface area contributed by atoms with Gasteiger partial charge in [-0.25, -0.2) is 4.79 Å². The van der Waals surface area contributed by atoms with Gasteiger partial charge in [-0.2, -0.15) is 0 Å². The molecule has 1 saturated heterocycles. The van der Waals surface area contributed by atoms with Crippen LogP contribution in [0.4, 0.5) is 0 Å². The molecule has 1 aliphatic rings. The van der Waals surface area contributed by atoms with E-state index in [4.69, 9.17) is 9.52 Å². The Bertz CT molecular complexity index is 510. The molecule has 0 spiro atoms. The fraction of sp³-hybridized carbons (Fsp3) is 0.600. The fourth-order valence-corrected chi connectivity index (χ4v) is 2.96. The summed E-state index contributed by atoms with van der Waals surface area (Å²) in [5, 5.41) is 9.10. The number of piperidine rings is 1. The molecule has 5 heteroatoms. The zero-order valence-corrected chi connectivity index (χ0v) is 12.2. The number of furan rings is 1. The van der Waals surface area contributed by atoms with Gasteiger partial charge in [-0.15, -0.1) is 0 Å². The van der Waals surface area contributed by atoms with Crippen LogP contribution >= 0.6 is 0 Å². The van der Waals surface area contributed by atoms with Gasteiger partial charge in [0.1, 0.15) is 11.3 Å². The Morgan fingerprint density at radius 3 is 2.40 bits per heavy atom. The van der Waals surface area contributed by atoms with Crippen molar-refractivity contribution < 1.29 is 19.1 Å². The third-order valence-corrected chi connectivity index (χ3v) is 3.73. The van der Waals surface area contributed by atoms with Gasteiger partial charge in [-0.05, 0) is 18.3 Å². The van der Waals surface area contributed by atoms with Crippen molar-refractivity contribution in [3.63, 3.8) is 0 Å². The van der Waals surface area contributed by atoms with E-state index < -0.39 is 5.97 Å². The van der Waals surface area contributed by atoms with Crippen LogP contribution in [0.15, 0.2) is 10.5 Å². The molecule has 1 aliphatic heterocycles. The van der Waals surface area contributed by atoms with E-state index in [1.54, 1.807) is 4.90 Å². The van der Waals surface area contributed by atoms with Gasteiger partial charge in [0.05, 0.1) is 0 Å². The summed E-state index contributed by atoms with van der Waals surface area (Å²) in [6.07, 6.45) is 1.57. The first kappa shape index (κ1) is 14.6. The van der Waals surface area contributed by atoms with Gasteiger partial charge in [0.15, 0.2) is 5.76 Å². The molecule has 1 amide bonds. The van der Waals surface area contributed by atoms with Crippen molar-refractivity contribution in [2.75, 3.05) is 13.1 Å². The Labute approximate surface area is 118 Å². The molecule has 5 nitrogen and oxygen atoms in total. The molecule has 2 heterocycles. The van der Waals surface area contributed by atoms with E-state index in [2.05, 4.69) is 13.8 Å². The molecule has 0 aliphatic carbocycles. The lowest BCUT2D eigenvalue weighted by Crippen LogP contribution is -2.42. The molecule has 0 aromatic carbocycles. The summed E-state index contributed by atoms with van der Waals surface area (Å²) in [6, 6.07) is 1.35. The Morgan fingerprint density at radius 1 is 1.35 bits per heavy atom. The first-order chi connectivity index (χ1) is 9.42. The summed E-state index contributed by atoms with van der Waals surface area (Å²) in [5.74, 6) is 0.166. The standard InChI is InChI=1S/C15H21NO4/c1-4-12-11(15(18)19)6-13(20-12)14(17)16-7-9(2)5-10(3)8-16/h6,9-10H,4-5,7-8H2,1-3H3,(H,18,19). The van der Waals surface area contributed by atoms with Crippen LogP contribution in [-0.4, -0.2) is 35.0 Å². The number of nitrogens with zero attached hydrogens (tertiary/aromatic N) is 1. The number of carboxylic acids is 1. The number of carboxylic acid groups (broad SMARTS) is 1. The van der Waals surface area contributed by atoms with E-state index in [0.717, 1.165) is 6.42 Å². The highest BCUT2D eigenvalue weighted by Gasteiger charge is 2.29. The maximum absolute atomic E-state index is 12.4. The second-order valence-corrected chi connectivity index (χ2v) is 5.76. The van der Waals surface area contributed by atoms with Crippen LogP contribution in [0.25, 0.3) is 0 Å². The average molecular weight is 279 g/mol. The van der Waals surface area contributed by atoms with Gasteiger partial charge >= 0.3 is 5.97 Å². The fourth-order valence-electron chi connectivity index (χ4n) is 2.96. The SMILES string of the molecule is CCc1oc(C(=O)N2CC(C)CC(C)C2)cc1C(=O)O. The van der Waals surface area contributed by atoms with Crippen LogP contribution in [0.1, 0.15) is 53.9 Å². The normalized spacial score (nSPS) is 22.9. The van der Waals surface area contributed by atoms with Gasteiger partial charge in [-0.3, -0.25) is 4.79 Å². The molecule has 20 heavy (non-hydrogen) atoms. The predicted molar refractivity (Wildman–Crippen MR) is 73.9 cm³/mol. The Hall–Kier alpha value is -1.78. The molecule has 1 aromatic rings. The number of carbonyl (C=O) groups is 2. The average Bonchev–Trinajstić information content (AvgIpc) is 2.80. The summed E-state index contributed by atoms with van der Waals surface area (Å²) in [7, 11) is 0.